The molecule has 0 saturated heterocycles. The van der Waals surface area contributed by atoms with E-state index in [0.717, 1.165) is 13.0 Å². The Morgan fingerprint density at radius 3 is 2.63 bits per heavy atom. The minimum absolute atomic E-state index is 0.397. The van der Waals surface area contributed by atoms with Crippen molar-refractivity contribution in [2.45, 2.75) is 38.5 Å². The van der Waals surface area contributed by atoms with Gasteiger partial charge in [0.1, 0.15) is 12.2 Å². The maximum Gasteiger partial charge on any atom is 0.216 e. The van der Waals surface area contributed by atoms with E-state index in [2.05, 4.69) is 20.2 Å². The van der Waals surface area contributed by atoms with Crippen molar-refractivity contribution in [2.75, 3.05) is 13.1 Å². The van der Waals surface area contributed by atoms with E-state index in [9.17, 15) is 8.42 Å². The number of hydrogen-bond acceptors (Lipinski definition) is 5. The first-order valence-electron chi connectivity index (χ1n) is 6.44. The Labute approximate surface area is 114 Å². The molecule has 0 radical (unpaired) electrons. The van der Waals surface area contributed by atoms with Crippen LogP contribution in [0, 0.1) is 0 Å². The van der Waals surface area contributed by atoms with Crippen molar-refractivity contribution in [3.05, 3.63) is 12.2 Å². The average molecular weight is 289 g/mol. The van der Waals surface area contributed by atoms with E-state index in [-0.39, 0.29) is 0 Å². The van der Waals surface area contributed by atoms with Gasteiger partial charge in [0.25, 0.3) is 0 Å². The molecule has 2 atom stereocenters. The van der Waals surface area contributed by atoms with Gasteiger partial charge in [0.2, 0.25) is 10.0 Å². The van der Waals surface area contributed by atoms with Crippen molar-refractivity contribution in [2.24, 2.45) is 7.05 Å². The highest BCUT2D eigenvalue weighted by Crippen LogP contribution is 2.10. The van der Waals surface area contributed by atoms with Crippen molar-refractivity contribution >= 4 is 10.0 Å². The van der Waals surface area contributed by atoms with Crippen LogP contribution in [0.25, 0.3) is 0 Å². The molecule has 1 aromatic heterocycles. The summed E-state index contributed by atoms with van der Waals surface area (Å²) in [5.74, 6) is 0.595. The van der Waals surface area contributed by atoms with E-state index in [4.69, 9.17) is 0 Å². The molecule has 7 nitrogen and oxygen atoms in total. The average Bonchev–Trinajstić information content (AvgIpc) is 2.75. The van der Waals surface area contributed by atoms with Gasteiger partial charge in [0, 0.05) is 13.6 Å². The number of aryl methyl sites for hydroxylation is 1. The number of rotatable bonds is 8. The third-order valence-corrected chi connectivity index (χ3v) is 4.77. The molecule has 2 unspecified atom stereocenters. The number of sulfonamides is 1. The fraction of sp³-hybridized carbons (Fsp3) is 0.818. The summed E-state index contributed by atoms with van der Waals surface area (Å²) in [5.41, 5.74) is 0. The molecule has 0 bridgehead atoms. The summed E-state index contributed by atoms with van der Waals surface area (Å²) < 4.78 is 28.6. The second-order valence-electron chi connectivity index (χ2n) is 4.70. The SMILES string of the molecule is CCCNCC(C)S(=O)(=O)NC(C)c1nncn1C. The lowest BCUT2D eigenvalue weighted by Crippen LogP contribution is -2.40. The normalized spacial score (nSPS) is 15.4. The van der Waals surface area contributed by atoms with E-state index in [0.29, 0.717) is 12.4 Å². The van der Waals surface area contributed by atoms with Crippen LogP contribution in [0.5, 0.6) is 0 Å². The van der Waals surface area contributed by atoms with Gasteiger partial charge in [-0.3, -0.25) is 0 Å². The Balaban J connectivity index is 2.61. The summed E-state index contributed by atoms with van der Waals surface area (Å²) in [7, 11) is -1.59. The lowest BCUT2D eigenvalue weighted by atomic mass is 10.3. The molecule has 0 spiro atoms. The molecule has 1 aromatic rings. The zero-order chi connectivity index (χ0) is 14.5. The Bertz CT molecular complexity index is 485. The zero-order valence-corrected chi connectivity index (χ0v) is 12.7. The van der Waals surface area contributed by atoms with Gasteiger partial charge in [-0.1, -0.05) is 6.92 Å². The standard InChI is InChI=1S/C11H23N5O2S/c1-5-6-12-7-9(2)19(17,18)15-10(3)11-14-13-8-16(11)4/h8-10,12,15H,5-7H2,1-4H3. The fourth-order valence-corrected chi connectivity index (χ4v) is 2.86. The van der Waals surface area contributed by atoms with Crippen LogP contribution in [0.15, 0.2) is 6.33 Å². The van der Waals surface area contributed by atoms with Gasteiger partial charge in [0.15, 0.2) is 0 Å². The first-order chi connectivity index (χ1) is 8.88. The fourth-order valence-electron chi connectivity index (χ4n) is 1.69. The van der Waals surface area contributed by atoms with Crippen molar-refractivity contribution in [1.82, 2.24) is 24.8 Å². The second-order valence-corrected chi connectivity index (χ2v) is 6.83. The maximum atomic E-state index is 12.1. The Hall–Kier alpha value is -0.990. The maximum absolute atomic E-state index is 12.1. The number of hydrogen-bond donors (Lipinski definition) is 2. The van der Waals surface area contributed by atoms with Gasteiger partial charge in [0.05, 0.1) is 11.3 Å². The number of aromatic nitrogens is 3. The van der Waals surface area contributed by atoms with Crippen LogP contribution < -0.4 is 10.0 Å². The highest BCUT2D eigenvalue weighted by molar-refractivity contribution is 7.90. The van der Waals surface area contributed by atoms with Gasteiger partial charge < -0.3 is 9.88 Å². The van der Waals surface area contributed by atoms with Gasteiger partial charge in [-0.15, -0.1) is 10.2 Å². The Morgan fingerprint density at radius 1 is 1.42 bits per heavy atom. The first kappa shape index (κ1) is 16.1. The van der Waals surface area contributed by atoms with E-state index >= 15 is 0 Å². The van der Waals surface area contributed by atoms with Crippen LogP contribution in [-0.2, 0) is 17.1 Å². The third kappa shape index (κ3) is 4.55. The number of nitrogens with zero attached hydrogens (tertiary/aromatic N) is 3. The molecule has 0 aliphatic heterocycles. The Kier molecular flexibility index (Phi) is 5.89. The van der Waals surface area contributed by atoms with Crippen LogP contribution in [0.4, 0.5) is 0 Å². The van der Waals surface area contributed by atoms with Crippen LogP contribution in [0.1, 0.15) is 39.1 Å². The molecular formula is C11H23N5O2S. The molecule has 1 rings (SSSR count). The largest absolute Gasteiger partial charge is 0.319 e. The van der Waals surface area contributed by atoms with E-state index in [1.54, 1.807) is 31.8 Å². The molecule has 0 aliphatic rings. The van der Waals surface area contributed by atoms with E-state index in [1.807, 2.05) is 6.92 Å². The van der Waals surface area contributed by atoms with Crippen molar-refractivity contribution in [3.8, 4) is 0 Å². The molecule has 0 amide bonds. The molecule has 1 heterocycles. The van der Waals surface area contributed by atoms with Gasteiger partial charge in [-0.05, 0) is 26.8 Å². The van der Waals surface area contributed by atoms with Gasteiger partial charge >= 0.3 is 0 Å². The number of nitrogens with one attached hydrogen (secondary N) is 2. The predicted octanol–water partition coefficient (Wildman–Crippen LogP) is 0.184. The summed E-state index contributed by atoms with van der Waals surface area (Å²) in [6.07, 6.45) is 2.53. The van der Waals surface area contributed by atoms with Crippen LogP contribution in [-0.4, -0.2) is 41.5 Å². The van der Waals surface area contributed by atoms with Crippen molar-refractivity contribution in [3.63, 3.8) is 0 Å². The molecule has 19 heavy (non-hydrogen) atoms. The van der Waals surface area contributed by atoms with Gasteiger partial charge in [-0.2, -0.15) is 0 Å². The molecule has 0 aliphatic carbocycles. The van der Waals surface area contributed by atoms with Crippen LogP contribution in [0.3, 0.4) is 0 Å². The lowest BCUT2D eigenvalue weighted by Gasteiger charge is -2.18. The molecule has 2 N–H and O–H groups in total. The van der Waals surface area contributed by atoms with E-state index in [1.165, 1.54) is 0 Å². The predicted molar refractivity (Wildman–Crippen MR) is 74.1 cm³/mol. The lowest BCUT2D eigenvalue weighted by molar-refractivity contribution is 0.534. The quantitative estimate of drug-likeness (QED) is 0.667. The van der Waals surface area contributed by atoms with Crippen LogP contribution in [0.2, 0.25) is 0 Å². The topological polar surface area (TPSA) is 88.9 Å². The van der Waals surface area contributed by atoms with E-state index < -0.39 is 21.3 Å². The Morgan fingerprint density at radius 2 is 2.11 bits per heavy atom. The molecule has 8 heteroatoms. The first-order valence-corrected chi connectivity index (χ1v) is 7.98. The highest BCUT2D eigenvalue weighted by Gasteiger charge is 2.24. The highest BCUT2D eigenvalue weighted by atomic mass is 32.2. The van der Waals surface area contributed by atoms with Crippen LogP contribution >= 0.6 is 0 Å². The third-order valence-electron chi connectivity index (χ3n) is 2.86. The molecule has 0 fully saturated rings. The molecular weight excluding hydrogens is 266 g/mol. The molecule has 0 aromatic carbocycles. The van der Waals surface area contributed by atoms with Gasteiger partial charge in [-0.25, -0.2) is 13.1 Å². The summed E-state index contributed by atoms with van der Waals surface area (Å²) in [6, 6.07) is -0.397. The summed E-state index contributed by atoms with van der Waals surface area (Å²) in [6.45, 7) is 6.75. The second kappa shape index (κ2) is 6.97. The smallest absolute Gasteiger partial charge is 0.216 e. The van der Waals surface area contributed by atoms with Crippen molar-refractivity contribution in [1.29, 1.82) is 0 Å². The summed E-state index contributed by atoms with van der Waals surface area (Å²) in [5, 5.41) is 10.3. The minimum Gasteiger partial charge on any atom is -0.319 e. The molecule has 110 valence electrons. The minimum atomic E-state index is -3.38. The molecule has 0 saturated carbocycles. The van der Waals surface area contributed by atoms with Crippen molar-refractivity contribution < 1.29 is 8.42 Å². The zero-order valence-electron chi connectivity index (χ0n) is 11.9. The summed E-state index contributed by atoms with van der Waals surface area (Å²) >= 11 is 0. The summed E-state index contributed by atoms with van der Waals surface area (Å²) in [4.78, 5) is 0. The monoisotopic (exact) mass is 289 g/mol.